The Kier molecular flexibility index (Phi) is 4.20. The Bertz CT molecular complexity index is 281. The Morgan fingerprint density at radius 3 is 2.47 bits per heavy atom. The topological polar surface area (TPSA) is 44.8 Å². The Morgan fingerprint density at radius 2 is 2.06 bits per heavy atom. The van der Waals surface area contributed by atoms with Gasteiger partial charge in [-0.15, -0.1) is 0 Å². The molecule has 1 aliphatic heterocycles. The van der Waals surface area contributed by atoms with Gasteiger partial charge in [-0.05, 0) is 33.6 Å². The second-order valence-electron chi connectivity index (χ2n) is 5.93. The molecule has 100 valence electrons. The van der Waals surface area contributed by atoms with Crippen molar-refractivity contribution in [2.75, 3.05) is 13.2 Å². The van der Waals surface area contributed by atoms with Crippen molar-refractivity contribution in [2.24, 2.45) is 11.3 Å². The molecule has 4 heteroatoms. The molecule has 1 heterocycles. The van der Waals surface area contributed by atoms with Crippen LogP contribution < -0.4 is 0 Å². The zero-order valence-corrected chi connectivity index (χ0v) is 11.7. The molecule has 0 aromatic rings. The van der Waals surface area contributed by atoms with Crippen molar-refractivity contribution in [3.8, 4) is 0 Å². The van der Waals surface area contributed by atoms with E-state index in [0.29, 0.717) is 6.61 Å². The number of carbonyl (C=O) groups excluding carboxylic acids is 1. The van der Waals surface area contributed by atoms with E-state index < -0.39 is 11.2 Å². The Hall–Kier alpha value is -0.610. The van der Waals surface area contributed by atoms with Gasteiger partial charge < -0.3 is 14.2 Å². The number of hydrogen-bond acceptors (Lipinski definition) is 4. The summed E-state index contributed by atoms with van der Waals surface area (Å²) in [6, 6.07) is 0. The van der Waals surface area contributed by atoms with Crippen molar-refractivity contribution < 1.29 is 19.0 Å². The molecule has 1 unspecified atom stereocenters. The number of ether oxygens (including phenoxy) is 3. The molecule has 1 rings (SSSR count). The average Bonchev–Trinajstić information content (AvgIpc) is 2.54. The van der Waals surface area contributed by atoms with Gasteiger partial charge in [0, 0.05) is 0 Å². The summed E-state index contributed by atoms with van der Waals surface area (Å²) in [6.45, 7) is 12.3. The van der Waals surface area contributed by atoms with E-state index in [1.54, 1.807) is 0 Å². The Balaban J connectivity index is 2.40. The van der Waals surface area contributed by atoms with Gasteiger partial charge in [0.25, 0.3) is 0 Å². The van der Waals surface area contributed by atoms with Crippen LogP contribution >= 0.6 is 0 Å². The molecule has 17 heavy (non-hydrogen) atoms. The largest absolute Gasteiger partial charge is 0.462 e. The highest BCUT2D eigenvalue weighted by atomic mass is 16.7. The smallest absolute Gasteiger partial charge is 0.311 e. The van der Waals surface area contributed by atoms with Crippen LogP contribution in [0.3, 0.4) is 0 Å². The van der Waals surface area contributed by atoms with E-state index in [9.17, 15) is 4.79 Å². The molecule has 1 atom stereocenters. The first kappa shape index (κ1) is 14.5. The zero-order chi connectivity index (χ0) is 13.3. The second kappa shape index (κ2) is 4.94. The molecule has 0 spiro atoms. The fourth-order valence-electron chi connectivity index (χ4n) is 1.44. The fourth-order valence-corrected chi connectivity index (χ4v) is 1.44. The van der Waals surface area contributed by atoms with Crippen molar-refractivity contribution >= 4 is 5.97 Å². The maximum Gasteiger partial charge on any atom is 0.311 e. The molecule has 4 nitrogen and oxygen atoms in total. The van der Waals surface area contributed by atoms with Crippen molar-refractivity contribution in [3.63, 3.8) is 0 Å². The summed E-state index contributed by atoms with van der Waals surface area (Å²) >= 11 is 0. The van der Waals surface area contributed by atoms with Crippen LogP contribution in [-0.4, -0.2) is 31.1 Å². The maximum absolute atomic E-state index is 11.9. The molecule has 0 N–H and O–H groups in total. The van der Waals surface area contributed by atoms with Crippen molar-refractivity contribution in [1.29, 1.82) is 0 Å². The minimum Gasteiger partial charge on any atom is -0.462 e. The van der Waals surface area contributed by atoms with E-state index in [-0.39, 0.29) is 24.6 Å². The number of hydrogen-bond donors (Lipinski definition) is 0. The molecular formula is C13H24O4. The van der Waals surface area contributed by atoms with E-state index in [1.165, 1.54) is 0 Å². The summed E-state index contributed by atoms with van der Waals surface area (Å²) in [5, 5.41) is 0. The van der Waals surface area contributed by atoms with E-state index in [1.807, 2.05) is 41.5 Å². The van der Waals surface area contributed by atoms with Gasteiger partial charge in [0.05, 0.1) is 12.0 Å². The third-order valence-electron chi connectivity index (χ3n) is 3.44. The van der Waals surface area contributed by atoms with Gasteiger partial charge in [-0.2, -0.15) is 0 Å². The lowest BCUT2D eigenvalue weighted by atomic mass is 9.81. The predicted octanol–water partition coefficient (Wildman–Crippen LogP) is 2.36. The molecule has 0 bridgehead atoms. The van der Waals surface area contributed by atoms with Gasteiger partial charge in [-0.25, -0.2) is 0 Å². The van der Waals surface area contributed by atoms with Crippen LogP contribution in [0.25, 0.3) is 0 Å². The molecule has 0 aliphatic carbocycles. The molecule has 1 fully saturated rings. The average molecular weight is 244 g/mol. The fraction of sp³-hybridized carbons (Fsp3) is 0.923. The first-order valence-electron chi connectivity index (χ1n) is 6.14. The van der Waals surface area contributed by atoms with E-state index in [0.717, 1.165) is 0 Å². The van der Waals surface area contributed by atoms with Crippen LogP contribution in [-0.2, 0) is 19.0 Å². The lowest BCUT2D eigenvalue weighted by Gasteiger charge is -2.27. The summed E-state index contributed by atoms with van der Waals surface area (Å²) in [7, 11) is 0. The van der Waals surface area contributed by atoms with Crippen molar-refractivity contribution in [1.82, 2.24) is 0 Å². The quantitative estimate of drug-likeness (QED) is 0.712. The maximum atomic E-state index is 11.9. The minimum atomic E-state index is -0.565. The highest BCUT2D eigenvalue weighted by molar-refractivity contribution is 5.76. The van der Waals surface area contributed by atoms with Crippen LogP contribution in [0, 0.1) is 11.3 Å². The Morgan fingerprint density at radius 1 is 1.47 bits per heavy atom. The van der Waals surface area contributed by atoms with E-state index >= 15 is 0 Å². The molecule has 1 saturated heterocycles. The SMILES string of the molecule is CC(C)C(C)(C)C(=O)OCC1COC(C)(C)O1. The highest BCUT2D eigenvalue weighted by Gasteiger charge is 2.36. The molecule has 0 radical (unpaired) electrons. The molecule has 1 aliphatic rings. The summed E-state index contributed by atoms with van der Waals surface area (Å²) in [5.41, 5.74) is -0.463. The second-order valence-corrected chi connectivity index (χ2v) is 5.93. The number of rotatable bonds is 4. The van der Waals surface area contributed by atoms with E-state index in [2.05, 4.69) is 0 Å². The van der Waals surface area contributed by atoms with Crippen LogP contribution in [0.2, 0.25) is 0 Å². The highest BCUT2D eigenvalue weighted by Crippen LogP contribution is 2.28. The van der Waals surface area contributed by atoms with Crippen LogP contribution in [0.15, 0.2) is 0 Å². The van der Waals surface area contributed by atoms with Gasteiger partial charge in [0.15, 0.2) is 5.79 Å². The standard InChI is InChI=1S/C13H24O4/c1-9(2)12(3,4)11(14)15-7-10-8-16-13(5,6)17-10/h9-10H,7-8H2,1-6H3. The summed E-state index contributed by atoms with van der Waals surface area (Å²) in [6.07, 6.45) is -0.156. The van der Waals surface area contributed by atoms with Gasteiger partial charge >= 0.3 is 5.97 Å². The van der Waals surface area contributed by atoms with Crippen LogP contribution in [0.5, 0.6) is 0 Å². The monoisotopic (exact) mass is 244 g/mol. The van der Waals surface area contributed by atoms with Crippen molar-refractivity contribution in [3.05, 3.63) is 0 Å². The lowest BCUT2D eigenvalue weighted by molar-refractivity contribution is -0.167. The number of carbonyl (C=O) groups is 1. The third kappa shape index (κ3) is 3.68. The first-order chi connectivity index (χ1) is 7.65. The summed E-state index contributed by atoms with van der Waals surface area (Å²) in [5.74, 6) is -0.502. The predicted molar refractivity (Wildman–Crippen MR) is 64.5 cm³/mol. The van der Waals surface area contributed by atoms with Crippen LogP contribution in [0.4, 0.5) is 0 Å². The molecule has 0 saturated carbocycles. The zero-order valence-electron chi connectivity index (χ0n) is 11.7. The van der Waals surface area contributed by atoms with Gasteiger partial charge in [0.1, 0.15) is 12.7 Å². The summed E-state index contributed by atoms with van der Waals surface area (Å²) < 4.78 is 16.3. The molecular weight excluding hydrogens is 220 g/mol. The molecule has 0 amide bonds. The first-order valence-corrected chi connectivity index (χ1v) is 6.14. The van der Waals surface area contributed by atoms with Crippen LogP contribution in [0.1, 0.15) is 41.5 Å². The minimum absolute atomic E-state index is 0.156. The third-order valence-corrected chi connectivity index (χ3v) is 3.44. The summed E-state index contributed by atoms with van der Waals surface area (Å²) in [4.78, 5) is 11.9. The Labute approximate surface area is 104 Å². The normalized spacial score (nSPS) is 24.1. The van der Waals surface area contributed by atoms with E-state index in [4.69, 9.17) is 14.2 Å². The van der Waals surface area contributed by atoms with Crippen molar-refractivity contribution in [2.45, 2.75) is 53.4 Å². The molecule has 0 aromatic carbocycles. The van der Waals surface area contributed by atoms with Gasteiger partial charge in [0.2, 0.25) is 0 Å². The lowest BCUT2D eigenvalue weighted by Crippen LogP contribution is -2.34. The van der Waals surface area contributed by atoms with Gasteiger partial charge in [-0.1, -0.05) is 13.8 Å². The number of esters is 1. The molecule has 0 aromatic heterocycles. The van der Waals surface area contributed by atoms with Gasteiger partial charge in [-0.3, -0.25) is 4.79 Å².